The molecule has 0 saturated carbocycles. The van der Waals surface area contributed by atoms with Crippen molar-refractivity contribution in [2.75, 3.05) is 26.1 Å². The van der Waals surface area contributed by atoms with E-state index in [1.165, 1.54) is 7.11 Å². The molecule has 1 unspecified atom stereocenters. The first-order valence-electron chi connectivity index (χ1n) is 9.23. The second-order valence-electron chi connectivity index (χ2n) is 6.55. The van der Waals surface area contributed by atoms with Crippen molar-refractivity contribution in [3.05, 3.63) is 54.1 Å². The van der Waals surface area contributed by atoms with Gasteiger partial charge in [0, 0.05) is 19.2 Å². The average molecular weight is 383 g/mol. The number of benzene rings is 2. The standard InChI is InChI=1S/C21H25N3O4/c1-27-16-10-11-19(28-2)17(13-16)23-20(25)18-9-6-12-24(18)21(26)22-14-15-7-4-3-5-8-15/h3-5,7-8,10-11,13,18H,6,9,12,14H2,1-2H3,(H,22,26)(H,23,25). The van der Waals surface area contributed by atoms with E-state index in [1.54, 1.807) is 30.2 Å². The maximum absolute atomic E-state index is 12.8. The lowest BCUT2D eigenvalue weighted by Gasteiger charge is -2.24. The molecule has 0 spiro atoms. The summed E-state index contributed by atoms with van der Waals surface area (Å²) in [5.41, 5.74) is 1.53. The number of likely N-dealkylation sites (tertiary alicyclic amines) is 1. The maximum atomic E-state index is 12.8. The molecule has 7 nitrogen and oxygen atoms in total. The van der Waals surface area contributed by atoms with E-state index in [1.807, 2.05) is 30.3 Å². The number of nitrogens with one attached hydrogen (secondary N) is 2. The van der Waals surface area contributed by atoms with Gasteiger partial charge in [0.2, 0.25) is 5.91 Å². The van der Waals surface area contributed by atoms with Gasteiger partial charge in [-0.3, -0.25) is 4.79 Å². The van der Waals surface area contributed by atoms with Gasteiger partial charge in [0.05, 0.1) is 19.9 Å². The highest BCUT2D eigenvalue weighted by Crippen LogP contribution is 2.30. The Bertz CT molecular complexity index is 826. The maximum Gasteiger partial charge on any atom is 0.318 e. The van der Waals surface area contributed by atoms with Gasteiger partial charge in [-0.1, -0.05) is 30.3 Å². The molecule has 1 fully saturated rings. The summed E-state index contributed by atoms with van der Waals surface area (Å²) in [5, 5.41) is 5.76. The summed E-state index contributed by atoms with van der Waals surface area (Å²) < 4.78 is 10.5. The molecule has 28 heavy (non-hydrogen) atoms. The van der Waals surface area contributed by atoms with Crippen LogP contribution in [0.3, 0.4) is 0 Å². The number of ether oxygens (including phenoxy) is 2. The lowest BCUT2D eigenvalue weighted by molar-refractivity contribution is -0.119. The van der Waals surface area contributed by atoms with E-state index in [0.717, 1.165) is 12.0 Å². The van der Waals surface area contributed by atoms with Crippen molar-refractivity contribution in [3.8, 4) is 11.5 Å². The zero-order valence-electron chi connectivity index (χ0n) is 16.1. The third-order valence-corrected chi connectivity index (χ3v) is 4.77. The molecule has 1 aliphatic heterocycles. The van der Waals surface area contributed by atoms with Crippen LogP contribution >= 0.6 is 0 Å². The molecule has 3 rings (SSSR count). The molecule has 148 valence electrons. The van der Waals surface area contributed by atoms with E-state index in [4.69, 9.17) is 9.47 Å². The molecular formula is C21H25N3O4. The minimum absolute atomic E-state index is 0.237. The Kier molecular flexibility index (Phi) is 6.37. The van der Waals surface area contributed by atoms with Crippen LogP contribution in [0.15, 0.2) is 48.5 Å². The summed E-state index contributed by atoms with van der Waals surface area (Å²) in [6.45, 7) is 0.974. The zero-order valence-corrected chi connectivity index (χ0v) is 16.1. The van der Waals surface area contributed by atoms with E-state index in [2.05, 4.69) is 10.6 Å². The number of nitrogens with zero attached hydrogens (tertiary/aromatic N) is 1. The summed E-state index contributed by atoms with van der Waals surface area (Å²) in [6, 6.07) is 14.1. The van der Waals surface area contributed by atoms with E-state index in [-0.39, 0.29) is 11.9 Å². The minimum Gasteiger partial charge on any atom is -0.497 e. The van der Waals surface area contributed by atoms with Crippen LogP contribution in [0.25, 0.3) is 0 Å². The number of methoxy groups -OCH3 is 2. The van der Waals surface area contributed by atoms with Crippen molar-refractivity contribution in [1.82, 2.24) is 10.2 Å². The molecule has 0 bridgehead atoms. The quantitative estimate of drug-likeness (QED) is 0.804. The Morgan fingerprint density at radius 2 is 1.89 bits per heavy atom. The minimum atomic E-state index is -0.522. The number of urea groups is 1. The summed E-state index contributed by atoms with van der Waals surface area (Å²) >= 11 is 0. The number of rotatable bonds is 6. The predicted octanol–water partition coefficient (Wildman–Crippen LogP) is 3.02. The first kappa shape index (κ1) is 19.5. The molecule has 2 aromatic rings. The van der Waals surface area contributed by atoms with Gasteiger partial charge < -0.3 is 25.0 Å². The van der Waals surface area contributed by atoms with Crippen LogP contribution in [0.5, 0.6) is 11.5 Å². The SMILES string of the molecule is COc1ccc(OC)c(NC(=O)C2CCCN2C(=O)NCc2ccccc2)c1. The van der Waals surface area contributed by atoms with Crippen LogP contribution in [0.4, 0.5) is 10.5 Å². The van der Waals surface area contributed by atoms with Crippen LogP contribution in [-0.2, 0) is 11.3 Å². The van der Waals surface area contributed by atoms with Crippen LogP contribution in [0.1, 0.15) is 18.4 Å². The first-order valence-corrected chi connectivity index (χ1v) is 9.23. The van der Waals surface area contributed by atoms with Crippen molar-refractivity contribution < 1.29 is 19.1 Å². The van der Waals surface area contributed by atoms with Crippen molar-refractivity contribution in [3.63, 3.8) is 0 Å². The number of hydrogen-bond donors (Lipinski definition) is 2. The first-order chi connectivity index (χ1) is 13.6. The molecular weight excluding hydrogens is 358 g/mol. The highest BCUT2D eigenvalue weighted by molar-refractivity contribution is 5.98. The van der Waals surface area contributed by atoms with Crippen LogP contribution < -0.4 is 20.1 Å². The Hall–Kier alpha value is -3.22. The molecule has 0 aliphatic carbocycles. The van der Waals surface area contributed by atoms with Gasteiger partial charge in [-0.15, -0.1) is 0 Å². The summed E-state index contributed by atoms with van der Waals surface area (Å²) in [5.74, 6) is 0.908. The number of anilines is 1. The normalized spacial score (nSPS) is 15.8. The number of carbonyl (C=O) groups is 2. The summed E-state index contributed by atoms with van der Waals surface area (Å²) in [6.07, 6.45) is 1.41. The second kappa shape index (κ2) is 9.12. The lowest BCUT2D eigenvalue weighted by Crippen LogP contribution is -2.47. The third kappa shape index (κ3) is 4.54. The molecule has 0 radical (unpaired) electrons. The van der Waals surface area contributed by atoms with Crippen molar-refractivity contribution in [1.29, 1.82) is 0 Å². The zero-order chi connectivity index (χ0) is 19.9. The van der Waals surface area contributed by atoms with Crippen LogP contribution in [-0.4, -0.2) is 43.6 Å². The van der Waals surface area contributed by atoms with E-state index in [9.17, 15) is 9.59 Å². The van der Waals surface area contributed by atoms with Gasteiger partial charge in [0.1, 0.15) is 17.5 Å². The van der Waals surface area contributed by atoms with E-state index >= 15 is 0 Å². The molecule has 1 aliphatic rings. The second-order valence-corrected chi connectivity index (χ2v) is 6.55. The molecule has 7 heteroatoms. The summed E-state index contributed by atoms with van der Waals surface area (Å²) in [7, 11) is 3.10. The Morgan fingerprint density at radius 1 is 1.11 bits per heavy atom. The van der Waals surface area contributed by atoms with Crippen LogP contribution in [0.2, 0.25) is 0 Å². The number of amides is 3. The van der Waals surface area contributed by atoms with Gasteiger partial charge >= 0.3 is 6.03 Å². The molecule has 2 aromatic carbocycles. The van der Waals surface area contributed by atoms with E-state index in [0.29, 0.717) is 36.7 Å². The van der Waals surface area contributed by atoms with Gasteiger partial charge in [-0.25, -0.2) is 4.79 Å². The Morgan fingerprint density at radius 3 is 2.61 bits per heavy atom. The predicted molar refractivity (Wildman–Crippen MR) is 107 cm³/mol. The van der Waals surface area contributed by atoms with Gasteiger partial charge in [-0.05, 0) is 30.5 Å². The van der Waals surface area contributed by atoms with Gasteiger partial charge in [0.25, 0.3) is 0 Å². The van der Waals surface area contributed by atoms with Crippen molar-refractivity contribution in [2.24, 2.45) is 0 Å². The molecule has 1 atom stereocenters. The number of carbonyl (C=O) groups excluding carboxylic acids is 2. The number of hydrogen-bond acceptors (Lipinski definition) is 4. The Labute approximate surface area is 164 Å². The fourth-order valence-corrected chi connectivity index (χ4v) is 3.29. The fourth-order valence-electron chi connectivity index (χ4n) is 3.29. The third-order valence-electron chi connectivity index (χ3n) is 4.77. The lowest BCUT2D eigenvalue weighted by atomic mass is 10.2. The smallest absolute Gasteiger partial charge is 0.318 e. The largest absolute Gasteiger partial charge is 0.497 e. The van der Waals surface area contributed by atoms with Gasteiger partial charge in [-0.2, -0.15) is 0 Å². The van der Waals surface area contributed by atoms with Crippen molar-refractivity contribution >= 4 is 17.6 Å². The molecule has 0 aromatic heterocycles. The van der Waals surface area contributed by atoms with Crippen LogP contribution in [0, 0.1) is 0 Å². The fraction of sp³-hybridized carbons (Fsp3) is 0.333. The highest BCUT2D eigenvalue weighted by atomic mass is 16.5. The molecule has 3 amide bonds. The summed E-state index contributed by atoms with van der Waals surface area (Å²) in [4.78, 5) is 27.0. The molecule has 2 N–H and O–H groups in total. The molecule has 1 heterocycles. The van der Waals surface area contributed by atoms with Gasteiger partial charge in [0.15, 0.2) is 0 Å². The monoisotopic (exact) mass is 383 g/mol. The average Bonchev–Trinajstić information content (AvgIpc) is 3.23. The topological polar surface area (TPSA) is 79.9 Å². The Balaban J connectivity index is 1.65. The van der Waals surface area contributed by atoms with Crippen molar-refractivity contribution in [2.45, 2.75) is 25.4 Å². The molecule has 1 saturated heterocycles. The highest BCUT2D eigenvalue weighted by Gasteiger charge is 2.34. The van der Waals surface area contributed by atoms with E-state index < -0.39 is 6.04 Å².